The van der Waals surface area contributed by atoms with E-state index in [1.165, 1.54) is 38.5 Å². The fourth-order valence-corrected chi connectivity index (χ4v) is 9.75. The fourth-order valence-electron chi connectivity index (χ4n) is 8.26. The lowest BCUT2D eigenvalue weighted by molar-refractivity contribution is -0.441. The first-order valence-electron chi connectivity index (χ1n) is 20.0. The highest BCUT2D eigenvalue weighted by Gasteiger charge is 2.48. The van der Waals surface area contributed by atoms with Crippen molar-refractivity contribution in [1.29, 1.82) is 0 Å². The second-order valence-electron chi connectivity index (χ2n) is 15.8. The van der Waals surface area contributed by atoms with Gasteiger partial charge in [-0.3, -0.25) is 4.79 Å². The summed E-state index contributed by atoms with van der Waals surface area (Å²) in [5, 5.41) is 0. The Morgan fingerprint density at radius 3 is 1.91 bits per heavy atom. The molecule has 2 aliphatic rings. The van der Waals surface area contributed by atoms with Gasteiger partial charge in [-0.05, 0) is 87.9 Å². The highest BCUT2D eigenvalue weighted by Crippen LogP contribution is 2.51. The Kier molecular flexibility index (Phi) is 15.9. The lowest BCUT2D eigenvalue weighted by Crippen LogP contribution is -2.33. The number of methoxy groups -OCH3 is 2. The Bertz CT molecular complexity index is 2760. The normalized spacial score (nSPS) is 19.4. The van der Waals surface area contributed by atoms with Crippen LogP contribution in [0.25, 0.3) is 0 Å². The molecule has 2 unspecified atom stereocenters. The lowest BCUT2D eigenvalue weighted by Gasteiger charge is -2.30. The first-order chi connectivity index (χ1) is 30.3. The highest BCUT2D eigenvalue weighted by atomic mass is 32.2. The Labute approximate surface area is 373 Å². The molecule has 3 aromatic carbocycles. The van der Waals surface area contributed by atoms with Crippen molar-refractivity contribution in [2.75, 3.05) is 51.2 Å². The summed E-state index contributed by atoms with van der Waals surface area (Å²) < 4.78 is 194. The van der Waals surface area contributed by atoms with Crippen molar-refractivity contribution in [3.05, 3.63) is 101 Å². The Morgan fingerprint density at radius 2 is 1.32 bits per heavy atom. The van der Waals surface area contributed by atoms with Gasteiger partial charge in [-0.1, -0.05) is 12.5 Å². The molecule has 15 nitrogen and oxygen atoms in total. The molecular formula is C42H45F5N2O13S3-2. The molecule has 0 bridgehead atoms. The summed E-state index contributed by atoms with van der Waals surface area (Å²) in [4.78, 5) is 13.3. The van der Waals surface area contributed by atoms with Crippen molar-refractivity contribution in [3.8, 4) is 5.75 Å². The van der Waals surface area contributed by atoms with Gasteiger partial charge in [0.2, 0.25) is 40.5 Å². The van der Waals surface area contributed by atoms with Gasteiger partial charge in [-0.2, -0.15) is 13.4 Å². The number of halogens is 5. The van der Waals surface area contributed by atoms with E-state index < -0.39 is 104 Å². The van der Waals surface area contributed by atoms with Gasteiger partial charge in [-0.15, -0.1) is 0 Å². The Morgan fingerprint density at radius 1 is 0.738 bits per heavy atom. The maximum atomic E-state index is 14.1. The van der Waals surface area contributed by atoms with Crippen molar-refractivity contribution in [3.63, 3.8) is 0 Å². The third kappa shape index (κ3) is 11.2. The van der Waals surface area contributed by atoms with Crippen molar-refractivity contribution < 1.29 is 84.4 Å². The summed E-state index contributed by atoms with van der Waals surface area (Å²) in [6.45, 7) is 4.26. The van der Waals surface area contributed by atoms with Crippen LogP contribution in [-0.2, 0) is 55.5 Å². The number of hydrogen-bond acceptors (Lipinski definition) is 14. The zero-order valence-corrected chi connectivity index (χ0v) is 37.9. The predicted octanol–water partition coefficient (Wildman–Crippen LogP) is 5.94. The van der Waals surface area contributed by atoms with Gasteiger partial charge in [0.1, 0.15) is 26.8 Å². The number of carbonyl (C=O) groups is 1. The molecule has 0 saturated carbocycles. The molecular weight excluding hydrogens is 932 g/mol. The maximum Gasteiger partial charge on any atom is 0.311 e. The van der Waals surface area contributed by atoms with Gasteiger partial charge in [-0.25, -0.2) is 38.4 Å². The van der Waals surface area contributed by atoms with Gasteiger partial charge < -0.3 is 32.8 Å². The van der Waals surface area contributed by atoms with E-state index in [-0.39, 0.29) is 58.4 Å². The topological polar surface area (TPSA) is 223 Å². The standard InChI is InChI=1S/C42H47F5N2O13S3/c1-41(17-9-23-63(51,52)53)28-24-26(64(54,55)56)14-16-31(28)49(20-22-61-4)32(41)10-8-11-33-42(2,18-21-60-3)29-25-27(65(57,58)59)13-15-30(29)48(33)19-7-5-6-12-34(50)62-40-38(46)36(44)35(43)37(45)39(40)47/h8,10-11,13-16,24-25H,5-7,9,12,17-23H2,1-4H3,(H2-,51,52,53,54,55,56,57,58,59)/p-2. The van der Waals surface area contributed by atoms with Crippen LogP contribution in [-0.4, -0.2) is 101 Å². The third-order valence-corrected chi connectivity index (χ3v) is 14.0. The number of hydrogen-bond donors (Lipinski definition) is 0. The van der Waals surface area contributed by atoms with Gasteiger partial charge in [0.05, 0.1) is 25.3 Å². The summed E-state index contributed by atoms with van der Waals surface area (Å²) in [6, 6.07) is 7.73. The number of benzene rings is 3. The number of esters is 1. The highest BCUT2D eigenvalue weighted by molar-refractivity contribution is 7.86. The number of ether oxygens (including phenoxy) is 3. The fraction of sp³-hybridized carbons (Fsp3) is 0.429. The van der Waals surface area contributed by atoms with Crippen LogP contribution in [0.15, 0.2) is 70.1 Å². The van der Waals surface area contributed by atoms with Crippen LogP contribution in [0.5, 0.6) is 5.75 Å². The summed E-state index contributed by atoms with van der Waals surface area (Å²) >= 11 is 0. The molecule has 23 heteroatoms. The second-order valence-corrected chi connectivity index (χ2v) is 20.1. The molecule has 5 rings (SSSR count). The minimum Gasteiger partial charge on any atom is -0.748 e. The van der Waals surface area contributed by atoms with Crippen molar-refractivity contribution in [2.24, 2.45) is 0 Å². The first-order valence-corrected chi connectivity index (χ1v) is 24.3. The minimum absolute atomic E-state index is 0.0220. The molecule has 0 amide bonds. The quantitative estimate of drug-likeness (QED) is 0.0176. The van der Waals surface area contributed by atoms with E-state index in [9.17, 15) is 65.7 Å². The van der Waals surface area contributed by atoms with E-state index in [2.05, 4.69) is 4.74 Å². The van der Waals surface area contributed by atoms with E-state index in [0.717, 1.165) is 12.1 Å². The zero-order chi connectivity index (χ0) is 48.3. The third-order valence-electron chi connectivity index (χ3n) is 11.5. The number of nitrogens with zero attached hydrogens (tertiary/aromatic N) is 2. The number of fused-ring (bicyclic) bond motifs is 2. The van der Waals surface area contributed by atoms with E-state index in [4.69, 9.17) is 9.47 Å². The maximum absolute atomic E-state index is 14.1. The molecule has 2 heterocycles. The SMILES string of the molecule is COCC[N+]1=C(C=CC=C2N(CCCCCC(=O)Oc3c(F)c(F)c(F)c(F)c3F)c3ccc(S(=O)(=O)[O-])cc3C2(C)CCOC)C(C)(CCCS(=O)(=O)[O-])c2cc(S(=O)(=O)[O-])ccc21. The van der Waals surface area contributed by atoms with E-state index >= 15 is 0 Å². The molecule has 0 N–H and O–H groups in total. The predicted molar refractivity (Wildman–Crippen MR) is 220 cm³/mol. The average molecular weight is 977 g/mol. The average Bonchev–Trinajstić information content (AvgIpc) is 3.60. The van der Waals surface area contributed by atoms with E-state index in [1.54, 1.807) is 25.2 Å². The number of rotatable bonds is 21. The van der Waals surface area contributed by atoms with Crippen molar-refractivity contribution in [1.82, 2.24) is 0 Å². The van der Waals surface area contributed by atoms with Crippen molar-refractivity contribution in [2.45, 2.75) is 79.4 Å². The Balaban J connectivity index is 1.53. The summed E-state index contributed by atoms with van der Waals surface area (Å²) in [7, 11) is -11.6. The van der Waals surface area contributed by atoms with Crippen molar-refractivity contribution >= 4 is 53.4 Å². The molecule has 65 heavy (non-hydrogen) atoms. The van der Waals surface area contributed by atoms with E-state index in [1.807, 2.05) is 16.4 Å². The molecule has 0 spiro atoms. The van der Waals surface area contributed by atoms with Gasteiger partial charge in [0, 0.05) is 74.1 Å². The first kappa shape index (κ1) is 51.4. The molecule has 356 valence electrons. The van der Waals surface area contributed by atoms with Crippen LogP contribution >= 0.6 is 0 Å². The zero-order valence-electron chi connectivity index (χ0n) is 35.5. The van der Waals surface area contributed by atoms with E-state index in [0.29, 0.717) is 40.3 Å². The smallest absolute Gasteiger partial charge is 0.311 e. The van der Waals surface area contributed by atoms with Crippen LogP contribution < -0.4 is 9.64 Å². The number of allylic oxidation sites excluding steroid dienone is 4. The molecule has 0 aromatic heterocycles. The molecule has 0 saturated heterocycles. The van der Waals surface area contributed by atoms with Crippen LogP contribution in [0.2, 0.25) is 0 Å². The number of carbonyl (C=O) groups excluding carboxylic acids is 1. The van der Waals surface area contributed by atoms with Crippen LogP contribution in [0.3, 0.4) is 0 Å². The second kappa shape index (κ2) is 20.1. The summed E-state index contributed by atoms with van der Waals surface area (Å²) in [6.07, 6.45) is 5.36. The van der Waals surface area contributed by atoms with Gasteiger partial charge in [0.15, 0.2) is 12.3 Å². The summed E-state index contributed by atoms with van der Waals surface area (Å²) in [5.74, 6) is -15.3. The summed E-state index contributed by atoms with van der Waals surface area (Å²) in [5.41, 5.74) is 0.731. The van der Waals surface area contributed by atoms with Crippen LogP contribution in [0.1, 0.15) is 69.9 Å². The lowest BCUT2D eigenvalue weighted by atomic mass is 9.75. The molecule has 2 atom stereocenters. The van der Waals surface area contributed by atoms with Crippen LogP contribution in [0.4, 0.5) is 33.3 Å². The monoisotopic (exact) mass is 976 g/mol. The largest absolute Gasteiger partial charge is 0.748 e. The molecule has 2 aliphatic heterocycles. The molecule has 3 aromatic rings. The number of unbranched alkanes of at least 4 members (excludes halogenated alkanes) is 2. The Hall–Kier alpha value is -4.62. The van der Waals surface area contributed by atoms with Gasteiger partial charge in [0.25, 0.3) is 0 Å². The molecule has 0 fully saturated rings. The minimum atomic E-state index is -4.94. The number of anilines is 1. The molecule has 0 radical (unpaired) electrons. The molecule has 0 aliphatic carbocycles. The van der Waals surface area contributed by atoms with Crippen LogP contribution in [0, 0.1) is 29.1 Å². The van der Waals surface area contributed by atoms with Gasteiger partial charge >= 0.3 is 5.97 Å².